The Kier molecular flexibility index (Phi) is 9.49. The maximum absolute atomic E-state index is 10.9. The van der Waals surface area contributed by atoms with Crippen LogP contribution in [0.25, 0.3) is 0 Å². The monoisotopic (exact) mass is 484 g/mol. The standard InChI is InChI=1S/C31H48O4/c1-6-31(35,7-2)18-9-8-12-28(33)22(4)26-15-16-27-23(11-10-17-30(26,27)5)13-14-24-19-25(32)20-29(34)21(24)3/h13-14,22,25-29,32-35H,3,6-7,9-11,15-20H2,1-2,4-5H3/b23-13+,24-14+/t22-,25-,26-,27+,28+,29+,30-/m1/s1. The predicted molar refractivity (Wildman–Crippen MR) is 142 cm³/mol. The van der Waals surface area contributed by atoms with E-state index < -0.39 is 23.9 Å². The highest BCUT2D eigenvalue weighted by Gasteiger charge is 2.51. The van der Waals surface area contributed by atoms with Gasteiger partial charge in [-0.1, -0.05) is 57.9 Å². The topological polar surface area (TPSA) is 80.9 Å². The predicted octanol–water partition coefficient (Wildman–Crippen LogP) is 5.46. The molecule has 0 bridgehead atoms. The van der Waals surface area contributed by atoms with Crippen LogP contribution >= 0.6 is 0 Å². The van der Waals surface area contributed by atoms with Gasteiger partial charge in [-0.25, -0.2) is 0 Å². The van der Waals surface area contributed by atoms with Gasteiger partial charge in [-0.05, 0) is 92.1 Å². The Hall–Kier alpha value is -1.38. The molecule has 0 aliphatic heterocycles. The van der Waals surface area contributed by atoms with Crippen molar-refractivity contribution in [1.29, 1.82) is 0 Å². The summed E-state index contributed by atoms with van der Waals surface area (Å²) >= 11 is 0. The number of aliphatic hydroxyl groups is 4. The van der Waals surface area contributed by atoms with E-state index in [1.807, 2.05) is 13.8 Å². The van der Waals surface area contributed by atoms with Gasteiger partial charge in [-0.3, -0.25) is 0 Å². The van der Waals surface area contributed by atoms with E-state index in [1.165, 1.54) is 12.0 Å². The van der Waals surface area contributed by atoms with Gasteiger partial charge in [0.1, 0.15) is 6.10 Å². The fourth-order valence-corrected chi connectivity index (χ4v) is 7.04. The molecule has 4 heteroatoms. The maximum atomic E-state index is 10.9. The lowest BCUT2D eigenvalue weighted by atomic mass is 9.60. The molecule has 3 rings (SSSR count). The Morgan fingerprint density at radius 3 is 2.60 bits per heavy atom. The molecular weight excluding hydrogens is 436 g/mol. The molecule has 0 saturated heterocycles. The molecule has 3 aliphatic carbocycles. The molecule has 0 unspecified atom stereocenters. The first kappa shape index (κ1) is 28.2. The van der Waals surface area contributed by atoms with Crippen molar-refractivity contribution in [3.63, 3.8) is 0 Å². The minimum absolute atomic E-state index is 0.106. The average Bonchev–Trinajstić information content (AvgIpc) is 3.19. The second kappa shape index (κ2) is 11.8. The smallest absolute Gasteiger partial charge is 0.117 e. The molecule has 4 nitrogen and oxygen atoms in total. The number of hydrogen-bond acceptors (Lipinski definition) is 4. The quantitative estimate of drug-likeness (QED) is 0.362. The zero-order valence-corrected chi connectivity index (χ0v) is 22.4. The molecule has 0 heterocycles. The highest BCUT2D eigenvalue weighted by atomic mass is 16.3. The van der Waals surface area contributed by atoms with E-state index in [-0.39, 0.29) is 11.3 Å². The summed E-state index contributed by atoms with van der Waals surface area (Å²) in [6, 6.07) is 0. The number of allylic oxidation sites excluding steroid dienone is 3. The summed E-state index contributed by atoms with van der Waals surface area (Å²) in [5.74, 6) is 7.27. The van der Waals surface area contributed by atoms with Gasteiger partial charge in [-0.2, -0.15) is 0 Å². The van der Waals surface area contributed by atoms with Crippen molar-refractivity contribution in [2.24, 2.45) is 23.2 Å². The van der Waals surface area contributed by atoms with Crippen LogP contribution in [0.1, 0.15) is 98.3 Å². The minimum atomic E-state index is -0.655. The Morgan fingerprint density at radius 1 is 1.20 bits per heavy atom. The molecule has 7 atom stereocenters. The van der Waals surface area contributed by atoms with Crippen LogP contribution in [0.15, 0.2) is 35.5 Å². The Labute approximate surface area is 213 Å². The van der Waals surface area contributed by atoms with Gasteiger partial charge in [-0.15, -0.1) is 5.92 Å². The normalized spacial score (nSPS) is 35.5. The molecule has 4 N–H and O–H groups in total. The zero-order chi connectivity index (χ0) is 25.8. The summed E-state index contributed by atoms with van der Waals surface area (Å²) in [7, 11) is 0. The number of aliphatic hydroxyl groups excluding tert-OH is 3. The van der Waals surface area contributed by atoms with Crippen LogP contribution in [0.4, 0.5) is 0 Å². The zero-order valence-electron chi connectivity index (χ0n) is 22.4. The summed E-state index contributed by atoms with van der Waals surface area (Å²) in [5.41, 5.74) is 2.67. The lowest BCUT2D eigenvalue weighted by Crippen LogP contribution is -2.39. The summed E-state index contributed by atoms with van der Waals surface area (Å²) < 4.78 is 0. The highest BCUT2D eigenvalue weighted by molar-refractivity contribution is 5.38. The van der Waals surface area contributed by atoms with Crippen molar-refractivity contribution in [2.45, 2.75) is 122 Å². The first-order valence-corrected chi connectivity index (χ1v) is 13.9. The molecule has 35 heavy (non-hydrogen) atoms. The molecule has 0 spiro atoms. The van der Waals surface area contributed by atoms with Crippen LogP contribution in [0, 0.1) is 35.0 Å². The van der Waals surface area contributed by atoms with E-state index in [4.69, 9.17) is 0 Å². The summed E-state index contributed by atoms with van der Waals surface area (Å²) in [6.07, 6.45) is 11.8. The van der Waals surface area contributed by atoms with Crippen LogP contribution < -0.4 is 0 Å². The second-order valence-electron chi connectivity index (χ2n) is 11.7. The summed E-state index contributed by atoms with van der Waals surface area (Å²) in [4.78, 5) is 0. The summed E-state index contributed by atoms with van der Waals surface area (Å²) in [5, 5.41) is 41.6. The molecule has 0 aromatic rings. The van der Waals surface area contributed by atoms with Gasteiger partial charge in [0.05, 0.1) is 17.8 Å². The first-order chi connectivity index (χ1) is 16.5. The molecule has 0 aromatic heterocycles. The molecule has 3 saturated carbocycles. The van der Waals surface area contributed by atoms with Crippen LogP contribution in [0.5, 0.6) is 0 Å². The van der Waals surface area contributed by atoms with Gasteiger partial charge >= 0.3 is 0 Å². The average molecular weight is 485 g/mol. The van der Waals surface area contributed by atoms with Gasteiger partial charge in [0.25, 0.3) is 0 Å². The first-order valence-electron chi connectivity index (χ1n) is 13.9. The fraction of sp³-hybridized carbons (Fsp3) is 0.742. The van der Waals surface area contributed by atoms with Crippen molar-refractivity contribution >= 4 is 0 Å². The molecule has 196 valence electrons. The van der Waals surface area contributed by atoms with E-state index in [0.29, 0.717) is 37.5 Å². The van der Waals surface area contributed by atoms with Crippen LogP contribution in [0.3, 0.4) is 0 Å². The molecule has 0 amide bonds. The van der Waals surface area contributed by atoms with Gasteiger partial charge in [0.2, 0.25) is 0 Å². The van der Waals surface area contributed by atoms with E-state index >= 15 is 0 Å². The third-order valence-electron chi connectivity index (χ3n) is 9.72. The minimum Gasteiger partial charge on any atom is -0.393 e. The Morgan fingerprint density at radius 2 is 1.91 bits per heavy atom. The fourth-order valence-electron chi connectivity index (χ4n) is 7.04. The molecule has 0 radical (unpaired) electrons. The molecule has 0 aromatic carbocycles. The van der Waals surface area contributed by atoms with Crippen molar-refractivity contribution < 1.29 is 20.4 Å². The maximum Gasteiger partial charge on any atom is 0.117 e. The van der Waals surface area contributed by atoms with Crippen LogP contribution in [0.2, 0.25) is 0 Å². The molecule has 3 aliphatic rings. The van der Waals surface area contributed by atoms with Crippen molar-refractivity contribution in [3.8, 4) is 11.8 Å². The van der Waals surface area contributed by atoms with E-state index in [9.17, 15) is 20.4 Å². The van der Waals surface area contributed by atoms with Gasteiger partial charge < -0.3 is 20.4 Å². The second-order valence-corrected chi connectivity index (χ2v) is 11.7. The number of fused-ring (bicyclic) bond motifs is 1. The SMILES string of the molecule is C=C1/C(=C/C=C2\CCC[C@]3(C)[C@@H]([C@@H](C)[C@@H](O)C#CCCC(O)(CC)CC)CC[C@@H]23)C[C@@H](O)C[C@@H]1O. The lowest BCUT2D eigenvalue weighted by molar-refractivity contribution is 0.0250. The Bertz CT molecular complexity index is 870. The van der Waals surface area contributed by atoms with Crippen LogP contribution in [-0.4, -0.2) is 44.3 Å². The lowest BCUT2D eigenvalue weighted by Gasteiger charge is -2.44. The van der Waals surface area contributed by atoms with Crippen LogP contribution in [-0.2, 0) is 0 Å². The van der Waals surface area contributed by atoms with Crippen molar-refractivity contribution in [3.05, 3.63) is 35.5 Å². The van der Waals surface area contributed by atoms with Gasteiger partial charge in [0, 0.05) is 12.8 Å². The third kappa shape index (κ3) is 6.31. The third-order valence-corrected chi connectivity index (χ3v) is 9.72. The van der Waals surface area contributed by atoms with Crippen molar-refractivity contribution in [2.75, 3.05) is 0 Å². The highest BCUT2D eigenvalue weighted by Crippen LogP contribution is 2.59. The Balaban J connectivity index is 1.68. The van der Waals surface area contributed by atoms with E-state index in [2.05, 4.69) is 44.4 Å². The molecule has 3 fully saturated rings. The van der Waals surface area contributed by atoms with E-state index in [1.54, 1.807) is 0 Å². The largest absolute Gasteiger partial charge is 0.393 e. The van der Waals surface area contributed by atoms with Gasteiger partial charge in [0.15, 0.2) is 0 Å². The van der Waals surface area contributed by atoms with Crippen molar-refractivity contribution in [1.82, 2.24) is 0 Å². The number of rotatable bonds is 7. The van der Waals surface area contributed by atoms with E-state index in [0.717, 1.165) is 49.7 Å². The molecular formula is C31H48O4. The summed E-state index contributed by atoms with van der Waals surface area (Å²) in [6.45, 7) is 12.6. The number of hydrogen-bond donors (Lipinski definition) is 4.